The second-order valence-corrected chi connectivity index (χ2v) is 8.47. The molecule has 1 aliphatic carbocycles. The zero-order valence-corrected chi connectivity index (χ0v) is 15.3. The van der Waals surface area contributed by atoms with Gasteiger partial charge in [-0.1, -0.05) is 11.6 Å². The smallest absolute Gasteiger partial charge is 0.256 e. The Hall–Kier alpha value is -1.79. The zero-order valence-electron chi connectivity index (χ0n) is 13.8. The van der Waals surface area contributed by atoms with Crippen molar-refractivity contribution in [1.82, 2.24) is 15.2 Å². The van der Waals surface area contributed by atoms with Crippen LogP contribution in [0, 0.1) is 5.92 Å². The Morgan fingerprint density at radius 3 is 2.80 bits per heavy atom. The molecule has 132 valence electrons. The number of nitrogens with zero attached hydrogens (tertiary/aromatic N) is 1. The van der Waals surface area contributed by atoms with Crippen molar-refractivity contribution in [3.8, 4) is 10.4 Å². The van der Waals surface area contributed by atoms with Crippen molar-refractivity contribution in [1.29, 1.82) is 0 Å². The van der Waals surface area contributed by atoms with Gasteiger partial charge in [0.2, 0.25) is 5.91 Å². The number of carbonyl (C=O) groups excluding carboxylic acids is 2. The molecule has 4 rings (SSSR count). The molecule has 1 saturated carbocycles. The second kappa shape index (κ2) is 6.84. The van der Waals surface area contributed by atoms with Crippen LogP contribution in [0.3, 0.4) is 0 Å². The van der Waals surface area contributed by atoms with Crippen LogP contribution in [-0.4, -0.2) is 40.8 Å². The van der Waals surface area contributed by atoms with Gasteiger partial charge in [-0.25, -0.2) is 0 Å². The molecule has 1 aliphatic heterocycles. The summed E-state index contributed by atoms with van der Waals surface area (Å²) in [5, 5.41) is 3.06. The number of aromatic nitrogens is 1. The number of nitrogens with one attached hydrogen (secondary N) is 2. The van der Waals surface area contributed by atoms with E-state index in [4.69, 9.17) is 11.6 Å². The van der Waals surface area contributed by atoms with Crippen LogP contribution in [0.25, 0.3) is 10.4 Å². The van der Waals surface area contributed by atoms with Gasteiger partial charge in [-0.2, -0.15) is 0 Å². The van der Waals surface area contributed by atoms with Gasteiger partial charge in [-0.15, -0.1) is 11.3 Å². The molecule has 2 aliphatic rings. The van der Waals surface area contributed by atoms with Gasteiger partial charge in [0.25, 0.3) is 5.91 Å². The van der Waals surface area contributed by atoms with Crippen molar-refractivity contribution in [3.05, 3.63) is 34.4 Å². The molecule has 5 nitrogen and oxygen atoms in total. The van der Waals surface area contributed by atoms with Crippen LogP contribution in [0.2, 0.25) is 4.34 Å². The molecular weight excluding hydrogens is 358 g/mol. The highest BCUT2D eigenvalue weighted by molar-refractivity contribution is 7.19. The number of thiophene rings is 1. The largest absolute Gasteiger partial charge is 0.366 e. The van der Waals surface area contributed by atoms with Crippen molar-refractivity contribution in [2.45, 2.75) is 31.7 Å². The third-order valence-electron chi connectivity index (χ3n) is 4.82. The Labute approximate surface area is 155 Å². The number of H-pyrrole nitrogens is 1. The van der Waals surface area contributed by atoms with Gasteiger partial charge in [0, 0.05) is 42.0 Å². The number of aromatic amines is 1. The molecule has 25 heavy (non-hydrogen) atoms. The van der Waals surface area contributed by atoms with Gasteiger partial charge in [0.15, 0.2) is 0 Å². The highest BCUT2D eigenvalue weighted by atomic mass is 35.5. The number of rotatable bonds is 4. The minimum atomic E-state index is -0.100. The zero-order chi connectivity index (χ0) is 17.4. The first-order valence-electron chi connectivity index (χ1n) is 8.64. The molecule has 2 N–H and O–H groups in total. The Morgan fingerprint density at radius 1 is 1.24 bits per heavy atom. The average molecular weight is 378 g/mol. The van der Waals surface area contributed by atoms with Crippen LogP contribution in [-0.2, 0) is 4.79 Å². The SMILES string of the molecule is O=C(NC1CC1)[C@@H]1CCCN(C(=O)c2c[nH]cc2-c2ccc(Cl)s2)C1. The lowest BCUT2D eigenvalue weighted by molar-refractivity contribution is -0.126. The molecule has 2 amide bonds. The number of amides is 2. The van der Waals surface area contributed by atoms with E-state index < -0.39 is 0 Å². The van der Waals surface area contributed by atoms with E-state index >= 15 is 0 Å². The molecule has 1 saturated heterocycles. The van der Waals surface area contributed by atoms with Crippen molar-refractivity contribution < 1.29 is 9.59 Å². The molecule has 0 unspecified atom stereocenters. The molecule has 2 aromatic heterocycles. The highest BCUT2D eigenvalue weighted by Crippen LogP contribution is 2.34. The number of hydrogen-bond acceptors (Lipinski definition) is 3. The van der Waals surface area contributed by atoms with Crippen LogP contribution in [0.15, 0.2) is 24.5 Å². The number of piperidine rings is 1. The maximum atomic E-state index is 13.0. The highest BCUT2D eigenvalue weighted by Gasteiger charge is 2.33. The summed E-state index contributed by atoms with van der Waals surface area (Å²) in [5.41, 5.74) is 1.51. The van der Waals surface area contributed by atoms with Crippen molar-refractivity contribution in [2.75, 3.05) is 13.1 Å². The third-order valence-corrected chi connectivity index (χ3v) is 6.08. The maximum absolute atomic E-state index is 13.0. The number of halogens is 1. The molecule has 0 bridgehead atoms. The summed E-state index contributed by atoms with van der Waals surface area (Å²) < 4.78 is 0.699. The summed E-state index contributed by atoms with van der Waals surface area (Å²) in [7, 11) is 0. The van der Waals surface area contributed by atoms with Gasteiger partial charge in [-0.3, -0.25) is 9.59 Å². The quantitative estimate of drug-likeness (QED) is 0.856. The maximum Gasteiger partial charge on any atom is 0.256 e. The first kappa shape index (κ1) is 16.7. The number of likely N-dealkylation sites (tertiary alicyclic amines) is 1. The molecule has 0 spiro atoms. The van der Waals surface area contributed by atoms with E-state index in [1.54, 1.807) is 6.20 Å². The van der Waals surface area contributed by atoms with E-state index in [2.05, 4.69) is 10.3 Å². The molecule has 1 atom stereocenters. The van der Waals surface area contributed by atoms with Gasteiger partial charge in [0.05, 0.1) is 15.8 Å². The Kier molecular flexibility index (Phi) is 4.56. The van der Waals surface area contributed by atoms with Crippen molar-refractivity contribution in [3.63, 3.8) is 0 Å². The van der Waals surface area contributed by atoms with Crippen molar-refractivity contribution in [2.24, 2.45) is 5.92 Å². The molecule has 7 heteroatoms. The Morgan fingerprint density at radius 2 is 2.08 bits per heavy atom. The standard InChI is InChI=1S/C18H20ClN3O2S/c19-16-6-5-15(25-16)13-8-20-9-14(13)18(24)22-7-1-2-11(10-22)17(23)21-12-3-4-12/h5-6,8-9,11-12,20H,1-4,7,10H2,(H,21,23)/t11-/m1/s1. The molecule has 0 aromatic carbocycles. The van der Waals surface area contributed by atoms with Gasteiger partial charge in [0.1, 0.15) is 0 Å². The van der Waals surface area contributed by atoms with Gasteiger partial charge >= 0.3 is 0 Å². The van der Waals surface area contributed by atoms with Crippen LogP contribution < -0.4 is 5.32 Å². The fourth-order valence-corrected chi connectivity index (χ4v) is 4.37. The van der Waals surface area contributed by atoms with E-state index in [-0.39, 0.29) is 17.7 Å². The minimum absolute atomic E-state index is 0.0234. The lowest BCUT2D eigenvalue weighted by Crippen LogP contribution is -2.45. The lowest BCUT2D eigenvalue weighted by atomic mass is 9.96. The predicted molar refractivity (Wildman–Crippen MR) is 98.9 cm³/mol. The summed E-state index contributed by atoms with van der Waals surface area (Å²) in [5.74, 6) is -0.0269. The topological polar surface area (TPSA) is 65.2 Å². The number of carbonyl (C=O) groups is 2. The molecule has 2 fully saturated rings. The van der Waals surface area contributed by atoms with Crippen LogP contribution in [0.1, 0.15) is 36.0 Å². The van der Waals surface area contributed by atoms with Crippen LogP contribution >= 0.6 is 22.9 Å². The molecular formula is C18H20ClN3O2S. The predicted octanol–water partition coefficient (Wildman–Crippen LogP) is 3.53. The second-order valence-electron chi connectivity index (χ2n) is 6.76. The molecule has 2 aromatic rings. The van der Waals surface area contributed by atoms with E-state index in [1.165, 1.54) is 11.3 Å². The molecule has 3 heterocycles. The summed E-state index contributed by atoms with van der Waals surface area (Å²) in [4.78, 5) is 31.1. The Balaban J connectivity index is 1.49. The summed E-state index contributed by atoms with van der Waals surface area (Å²) in [6.45, 7) is 1.19. The normalized spacial score (nSPS) is 20.5. The fraction of sp³-hybridized carbons (Fsp3) is 0.444. The average Bonchev–Trinajstić information content (AvgIpc) is 3.12. The summed E-state index contributed by atoms with van der Waals surface area (Å²) >= 11 is 7.48. The van der Waals surface area contributed by atoms with Crippen LogP contribution in [0.4, 0.5) is 0 Å². The van der Waals surface area contributed by atoms with E-state index in [0.29, 0.717) is 29.0 Å². The van der Waals surface area contributed by atoms with Crippen LogP contribution in [0.5, 0.6) is 0 Å². The van der Waals surface area contributed by atoms with Gasteiger partial charge < -0.3 is 15.2 Å². The first-order chi connectivity index (χ1) is 12.1. The monoisotopic (exact) mass is 377 g/mol. The van der Waals surface area contributed by atoms with E-state index in [1.807, 2.05) is 23.2 Å². The summed E-state index contributed by atoms with van der Waals surface area (Å²) in [6.07, 6.45) is 7.44. The fourth-order valence-electron chi connectivity index (χ4n) is 3.30. The third kappa shape index (κ3) is 3.60. The first-order valence-corrected chi connectivity index (χ1v) is 9.83. The Bertz CT molecular complexity index is 796. The van der Waals surface area contributed by atoms with Gasteiger partial charge in [-0.05, 0) is 37.8 Å². The lowest BCUT2D eigenvalue weighted by Gasteiger charge is -2.32. The van der Waals surface area contributed by atoms with Crippen molar-refractivity contribution >= 4 is 34.8 Å². The van der Waals surface area contributed by atoms with E-state index in [0.717, 1.165) is 36.1 Å². The minimum Gasteiger partial charge on any atom is -0.366 e. The summed E-state index contributed by atoms with van der Waals surface area (Å²) in [6, 6.07) is 4.12. The number of hydrogen-bond donors (Lipinski definition) is 2. The van der Waals surface area contributed by atoms with E-state index in [9.17, 15) is 9.59 Å². The molecule has 0 radical (unpaired) electrons.